The summed E-state index contributed by atoms with van der Waals surface area (Å²) in [5.74, 6) is 0. The monoisotopic (exact) mass is 383 g/mol. The van der Waals surface area contributed by atoms with E-state index < -0.39 is 20.0 Å². The summed E-state index contributed by atoms with van der Waals surface area (Å²) in [5.41, 5.74) is 0.403. The van der Waals surface area contributed by atoms with E-state index >= 15 is 0 Å². The minimum absolute atomic E-state index is 0. The van der Waals surface area contributed by atoms with Crippen LogP contribution in [-0.4, -0.2) is 54.4 Å². The molecule has 1 heterocycles. The van der Waals surface area contributed by atoms with E-state index in [1.165, 1.54) is 29.6 Å². The number of rotatable bonds is 5. The molecule has 0 radical (unpaired) electrons. The molecule has 0 bridgehead atoms. The summed E-state index contributed by atoms with van der Waals surface area (Å²) < 4.78 is 52.6. The Balaban J connectivity index is 0.00000264. The number of likely N-dealkylation sites (N-methyl/N-ethyl adjacent to an activating group) is 1. The molecule has 132 valence electrons. The molecule has 1 saturated heterocycles. The SMILES string of the molecule is CNC1CCN(S(=O)(=O)c2ccc(S(=O)(=O)NC)c(C)c2)C1.Cl. The third-order valence-electron chi connectivity index (χ3n) is 3.90. The van der Waals surface area contributed by atoms with E-state index in [1.807, 2.05) is 7.05 Å². The average molecular weight is 384 g/mol. The molecule has 1 aromatic rings. The molecule has 1 atom stereocenters. The molecule has 1 aliphatic heterocycles. The number of nitrogens with zero attached hydrogens (tertiary/aromatic N) is 1. The van der Waals surface area contributed by atoms with Crippen LogP contribution in [0.1, 0.15) is 12.0 Å². The number of sulfonamides is 2. The van der Waals surface area contributed by atoms with Crippen molar-refractivity contribution < 1.29 is 16.8 Å². The van der Waals surface area contributed by atoms with E-state index in [1.54, 1.807) is 6.92 Å². The highest BCUT2D eigenvalue weighted by Crippen LogP contribution is 2.24. The molecule has 7 nitrogen and oxygen atoms in total. The Morgan fingerprint density at radius 1 is 1.17 bits per heavy atom. The number of aryl methyl sites for hydroxylation is 1. The molecule has 0 aliphatic carbocycles. The first-order chi connectivity index (χ1) is 10.2. The first-order valence-electron chi connectivity index (χ1n) is 6.94. The third kappa shape index (κ3) is 4.04. The number of hydrogen-bond donors (Lipinski definition) is 2. The van der Waals surface area contributed by atoms with Crippen molar-refractivity contribution in [3.63, 3.8) is 0 Å². The molecule has 1 fully saturated rings. The molecule has 1 aromatic carbocycles. The third-order valence-corrected chi connectivity index (χ3v) is 7.34. The lowest BCUT2D eigenvalue weighted by Gasteiger charge is -2.17. The molecule has 2 rings (SSSR count). The van der Waals surface area contributed by atoms with Crippen molar-refractivity contribution in [2.24, 2.45) is 0 Å². The maximum Gasteiger partial charge on any atom is 0.243 e. The fraction of sp³-hybridized carbons (Fsp3) is 0.538. The van der Waals surface area contributed by atoms with Gasteiger partial charge in [0.1, 0.15) is 0 Å². The first kappa shape index (κ1) is 20.3. The van der Waals surface area contributed by atoms with Crippen molar-refractivity contribution in [2.45, 2.75) is 29.2 Å². The smallest absolute Gasteiger partial charge is 0.243 e. The van der Waals surface area contributed by atoms with Gasteiger partial charge in [-0.25, -0.2) is 21.6 Å². The van der Waals surface area contributed by atoms with Crippen LogP contribution in [0.3, 0.4) is 0 Å². The Hall–Kier alpha value is -0.710. The molecule has 10 heteroatoms. The van der Waals surface area contributed by atoms with Gasteiger partial charge < -0.3 is 5.32 Å². The number of halogens is 1. The maximum atomic E-state index is 12.6. The summed E-state index contributed by atoms with van der Waals surface area (Å²) in [6.07, 6.45) is 0.765. The summed E-state index contributed by atoms with van der Waals surface area (Å²) in [6, 6.07) is 4.24. The molecule has 0 amide bonds. The van der Waals surface area contributed by atoms with Crippen LogP contribution in [0, 0.1) is 6.92 Å². The molecule has 2 N–H and O–H groups in total. The Morgan fingerprint density at radius 3 is 2.30 bits per heavy atom. The summed E-state index contributed by atoms with van der Waals surface area (Å²) >= 11 is 0. The van der Waals surface area contributed by atoms with Gasteiger partial charge in [0.2, 0.25) is 20.0 Å². The van der Waals surface area contributed by atoms with Gasteiger partial charge in [0.25, 0.3) is 0 Å². The minimum atomic E-state index is -3.60. The van der Waals surface area contributed by atoms with Crippen molar-refractivity contribution in [1.82, 2.24) is 14.3 Å². The van der Waals surface area contributed by atoms with Crippen LogP contribution < -0.4 is 10.0 Å². The Kier molecular flexibility index (Phi) is 6.59. The van der Waals surface area contributed by atoms with Gasteiger partial charge >= 0.3 is 0 Å². The Bertz CT molecular complexity index is 765. The lowest BCUT2D eigenvalue weighted by Crippen LogP contribution is -2.33. The van der Waals surface area contributed by atoms with Gasteiger partial charge in [-0.05, 0) is 51.2 Å². The second-order valence-electron chi connectivity index (χ2n) is 5.27. The van der Waals surface area contributed by atoms with Crippen molar-refractivity contribution in [1.29, 1.82) is 0 Å². The summed E-state index contributed by atoms with van der Waals surface area (Å²) in [7, 11) is -4.06. The van der Waals surface area contributed by atoms with E-state index in [0.29, 0.717) is 18.7 Å². The molecule has 0 saturated carbocycles. The largest absolute Gasteiger partial charge is 0.316 e. The lowest BCUT2D eigenvalue weighted by molar-refractivity contribution is 0.464. The van der Waals surface area contributed by atoms with E-state index in [0.717, 1.165) is 6.42 Å². The highest BCUT2D eigenvalue weighted by atomic mass is 35.5. The predicted octanol–water partition coefficient (Wildman–Crippen LogP) is 0.307. The molecular formula is C13H22ClN3O4S2. The van der Waals surface area contributed by atoms with Gasteiger partial charge in [0.15, 0.2) is 0 Å². The number of hydrogen-bond acceptors (Lipinski definition) is 5. The zero-order valence-corrected chi connectivity index (χ0v) is 15.7. The van der Waals surface area contributed by atoms with E-state index in [4.69, 9.17) is 0 Å². The fourth-order valence-electron chi connectivity index (χ4n) is 2.53. The van der Waals surface area contributed by atoms with Gasteiger partial charge in [-0.2, -0.15) is 4.31 Å². The highest BCUT2D eigenvalue weighted by molar-refractivity contribution is 7.89. The zero-order chi connectivity index (χ0) is 16.5. The van der Waals surface area contributed by atoms with Crippen molar-refractivity contribution in [3.8, 4) is 0 Å². The van der Waals surface area contributed by atoms with Gasteiger partial charge in [0, 0.05) is 19.1 Å². The van der Waals surface area contributed by atoms with Gasteiger partial charge in [-0.1, -0.05) is 0 Å². The Morgan fingerprint density at radius 2 is 1.83 bits per heavy atom. The first-order valence-corrected chi connectivity index (χ1v) is 9.86. The van der Waals surface area contributed by atoms with Crippen LogP contribution in [0.5, 0.6) is 0 Å². The van der Waals surface area contributed by atoms with E-state index in [9.17, 15) is 16.8 Å². The Labute approximate surface area is 144 Å². The second-order valence-corrected chi connectivity index (χ2v) is 9.07. The summed E-state index contributed by atoms with van der Waals surface area (Å²) in [4.78, 5) is 0.209. The van der Waals surface area contributed by atoms with Crippen LogP contribution in [0.4, 0.5) is 0 Å². The van der Waals surface area contributed by atoms with Gasteiger partial charge in [-0.15, -0.1) is 12.4 Å². The summed E-state index contributed by atoms with van der Waals surface area (Å²) in [5, 5.41) is 3.07. The topological polar surface area (TPSA) is 95.6 Å². The second kappa shape index (κ2) is 7.45. The zero-order valence-electron chi connectivity index (χ0n) is 13.2. The van der Waals surface area contributed by atoms with Crippen LogP contribution in [0.25, 0.3) is 0 Å². The van der Waals surface area contributed by atoms with Crippen molar-refractivity contribution >= 4 is 32.5 Å². The van der Waals surface area contributed by atoms with Crippen LogP contribution in [0.2, 0.25) is 0 Å². The van der Waals surface area contributed by atoms with Crippen LogP contribution >= 0.6 is 12.4 Å². The molecule has 23 heavy (non-hydrogen) atoms. The van der Waals surface area contributed by atoms with Gasteiger partial charge in [0.05, 0.1) is 9.79 Å². The number of benzene rings is 1. The van der Waals surface area contributed by atoms with Crippen LogP contribution in [-0.2, 0) is 20.0 Å². The predicted molar refractivity (Wildman–Crippen MR) is 90.9 cm³/mol. The van der Waals surface area contributed by atoms with Gasteiger partial charge in [-0.3, -0.25) is 0 Å². The average Bonchev–Trinajstić information content (AvgIpc) is 2.96. The highest BCUT2D eigenvalue weighted by Gasteiger charge is 2.32. The normalized spacial score (nSPS) is 19.5. The minimum Gasteiger partial charge on any atom is -0.316 e. The van der Waals surface area contributed by atoms with Crippen molar-refractivity contribution in [3.05, 3.63) is 23.8 Å². The van der Waals surface area contributed by atoms with E-state index in [2.05, 4.69) is 10.0 Å². The quantitative estimate of drug-likeness (QED) is 0.762. The molecule has 1 aliphatic rings. The molecule has 0 spiro atoms. The fourth-order valence-corrected chi connectivity index (χ4v) is 5.06. The number of nitrogens with one attached hydrogen (secondary N) is 2. The lowest BCUT2D eigenvalue weighted by atomic mass is 10.2. The summed E-state index contributed by atoms with van der Waals surface area (Å²) in [6.45, 7) is 2.47. The molecule has 1 unspecified atom stereocenters. The maximum absolute atomic E-state index is 12.6. The van der Waals surface area contributed by atoms with Crippen molar-refractivity contribution in [2.75, 3.05) is 27.2 Å². The van der Waals surface area contributed by atoms with E-state index in [-0.39, 0.29) is 28.2 Å². The molecule has 0 aromatic heterocycles. The standard InChI is InChI=1S/C13H21N3O4S2.ClH/c1-10-8-12(4-5-13(10)21(17,18)15-3)22(19,20)16-7-6-11(9-16)14-2;/h4-5,8,11,14-15H,6-7,9H2,1-3H3;1H. The van der Waals surface area contributed by atoms with Crippen LogP contribution in [0.15, 0.2) is 28.0 Å². The molecular weight excluding hydrogens is 362 g/mol.